The smallest absolute Gasteiger partial charge is 0.387 e. The Morgan fingerprint density at radius 2 is 1.93 bits per heavy atom. The molecule has 1 aromatic rings. The molecule has 1 saturated carbocycles. The second-order valence-electron chi connectivity index (χ2n) is 7.57. The summed E-state index contributed by atoms with van der Waals surface area (Å²) in [7, 11) is -3.93. The summed E-state index contributed by atoms with van der Waals surface area (Å²) in [5, 5.41) is 12.6. The summed E-state index contributed by atoms with van der Waals surface area (Å²) in [6.07, 6.45) is 3.51. The molecule has 3 rings (SSSR count). The largest absolute Gasteiger partial charge is 0.435 e. The molecule has 2 fully saturated rings. The van der Waals surface area contributed by atoms with Crippen molar-refractivity contribution in [2.24, 2.45) is 5.92 Å². The number of hydrogen-bond acceptors (Lipinski definition) is 5. The van der Waals surface area contributed by atoms with Crippen molar-refractivity contribution in [1.29, 1.82) is 0 Å². The number of halogens is 2. The number of rotatable bonds is 6. The van der Waals surface area contributed by atoms with Crippen molar-refractivity contribution in [2.45, 2.75) is 62.2 Å². The van der Waals surface area contributed by atoms with Crippen molar-refractivity contribution in [3.63, 3.8) is 0 Å². The van der Waals surface area contributed by atoms with Crippen LogP contribution < -0.4 is 10.1 Å². The van der Waals surface area contributed by atoms with Gasteiger partial charge in [-0.25, -0.2) is 8.42 Å². The zero-order valence-corrected chi connectivity index (χ0v) is 16.8. The molecule has 162 valence electrons. The monoisotopic (exact) mass is 432 g/mol. The molecule has 2 N–H and O–H groups in total. The van der Waals surface area contributed by atoms with E-state index in [1.165, 1.54) is 22.5 Å². The molecular weight excluding hydrogens is 406 g/mol. The molecule has 0 aromatic heterocycles. The van der Waals surface area contributed by atoms with Crippen molar-refractivity contribution in [3.8, 4) is 5.75 Å². The quantitative estimate of drug-likeness (QED) is 0.718. The average Bonchev–Trinajstić information content (AvgIpc) is 2.69. The van der Waals surface area contributed by atoms with Gasteiger partial charge in [0.2, 0.25) is 15.9 Å². The number of hydrogen-bond donors (Lipinski definition) is 2. The lowest BCUT2D eigenvalue weighted by Gasteiger charge is -2.33. The zero-order chi connectivity index (χ0) is 21.0. The molecular formula is C19H26F2N2O5S. The van der Waals surface area contributed by atoms with Gasteiger partial charge in [-0.05, 0) is 50.7 Å². The molecule has 1 aromatic carbocycles. The second-order valence-corrected chi connectivity index (χ2v) is 9.51. The van der Waals surface area contributed by atoms with Crippen LogP contribution in [0.3, 0.4) is 0 Å². The van der Waals surface area contributed by atoms with E-state index >= 15 is 0 Å². The lowest BCUT2D eigenvalue weighted by molar-refractivity contribution is -0.127. The van der Waals surface area contributed by atoms with Gasteiger partial charge in [0.25, 0.3) is 0 Å². The Morgan fingerprint density at radius 1 is 1.21 bits per heavy atom. The fraction of sp³-hybridized carbons (Fsp3) is 0.632. The molecule has 29 heavy (non-hydrogen) atoms. The number of nitrogens with zero attached hydrogens (tertiary/aromatic N) is 1. The van der Waals surface area contributed by atoms with E-state index in [0.29, 0.717) is 38.5 Å². The molecule has 0 spiro atoms. The third-order valence-corrected chi connectivity index (χ3v) is 7.33. The molecule has 7 nitrogen and oxygen atoms in total. The number of nitrogens with one attached hydrogen (secondary N) is 1. The van der Waals surface area contributed by atoms with Crippen LogP contribution in [0.1, 0.15) is 38.5 Å². The maximum absolute atomic E-state index is 12.9. The number of aliphatic hydroxyl groups is 1. The van der Waals surface area contributed by atoms with Crippen molar-refractivity contribution in [1.82, 2.24) is 9.62 Å². The van der Waals surface area contributed by atoms with Gasteiger partial charge < -0.3 is 15.2 Å². The number of carbonyl (C=O) groups excluding carboxylic acids is 1. The first-order valence-electron chi connectivity index (χ1n) is 9.79. The van der Waals surface area contributed by atoms with E-state index in [1.54, 1.807) is 0 Å². The van der Waals surface area contributed by atoms with Gasteiger partial charge in [-0.3, -0.25) is 4.79 Å². The summed E-state index contributed by atoms with van der Waals surface area (Å²) >= 11 is 0. The Hall–Kier alpha value is -1.78. The van der Waals surface area contributed by atoms with Crippen molar-refractivity contribution in [2.75, 3.05) is 13.1 Å². The van der Waals surface area contributed by atoms with Crippen LogP contribution in [0.2, 0.25) is 0 Å². The van der Waals surface area contributed by atoms with Crippen LogP contribution in [0.4, 0.5) is 8.78 Å². The van der Waals surface area contributed by atoms with E-state index in [2.05, 4.69) is 10.1 Å². The summed E-state index contributed by atoms with van der Waals surface area (Å²) in [6, 6.07) is 5.00. The first-order chi connectivity index (χ1) is 13.8. The van der Waals surface area contributed by atoms with Crippen LogP contribution >= 0.6 is 0 Å². The molecule has 1 unspecified atom stereocenters. The van der Waals surface area contributed by atoms with Gasteiger partial charge in [0.15, 0.2) is 0 Å². The first kappa shape index (κ1) is 21.9. The maximum Gasteiger partial charge on any atom is 0.387 e. The fourth-order valence-corrected chi connectivity index (χ4v) is 5.43. The predicted molar refractivity (Wildman–Crippen MR) is 101 cm³/mol. The van der Waals surface area contributed by atoms with E-state index < -0.39 is 22.6 Å². The number of amides is 1. The van der Waals surface area contributed by atoms with Gasteiger partial charge in [0, 0.05) is 25.2 Å². The lowest BCUT2D eigenvalue weighted by atomic mass is 9.92. The summed E-state index contributed by atoms with van der Waals surface area (Å²) < 4.78 is 56.2. The number of aliphatic hydroxyl groups excluding tert-OH is 1. The van der Waals surface area contributed by atoms with E-state index in [0.717, 1.165) is 6.07 Å². The first-order valence-corrected chi connectivity index (χ1v) is 11.2. The molecule has 10 heteroatoms. The highest BCUT2D eigenvalue weighted by Crippen LogP contribution is 2.27. The highest BCUT2D eigenvalue weighted by molar-refractivity contribution is 7.89. The Balaban J connectivity index is 1.65. The molecule has 1 aliphatic carbocycles. The van der Waals surface area contributed by atoms with Crippen LogP contribution in [0.25, 0.3) is 0 Å². The van der Waals surface area contributed by atoms with Crippen molar-refractivity contribution >= 4 is 15.9 Å². The van der Waals surface area contributed by atoms with Gasteiger partial charge in [-0.2, -0.15) is 13.1 Å². The molecule has 2 aliphatic rings. The minimum absolute atomic E-state index is 0.000982. The summed E-state index contributed by atoms with van der Waals surface area (Å²) in [5.74, 6) is -0.876. The SMILES string of the molecule is O=C(N[C@H]1CC[C@H](O)CC1)C1CCCN(S(=O)(=O)c2cccc(OC(F)F)c2)C1. The number of carbonyl (C=O) groups is 1. The summed E-state index contributed by atoms with van der Waals surface area (Å²) in [5.41, 5.74) is 0. The molecule has 0 bridgehead atoms. The van der Waals surface area contributed by atoms with Gasteiger partial charge in [-0.1, -0.05) is 6.07 Å². The molecule has 1 atom stereocenters. The molecule has 1 heterocycles. The molecule has 1 amide bonds. The number of alkyl halides is 2. The molecule has 1 saturated heterocycles. The lowest BCUT2D eigenvalue weighted by Crippen LogP contribution is -2.48. The Kier molecular flexibility index (Phi) is 7.07. The minimum atomic E-state index is -3.93. The standard InChI is InChI=1S/C19H26F2N2O5S/c20-19(21)28-16-4-1-5-17(11-16)29(26,27)23-10-2-3-13(12-23)18(25)22-14-6-8-15(24)9-7-14/h1,4-5,11,13-15,19,24H,2-3,6-10,12H2,(H,22,25)/t13?,14-,15-. The summed E-state index contributed by atoms with van der Waals surface area (Å²) in [4.78, 5) is 12.5. The molecule has 0 radical (unpaired) electrons. The number of sulfonamides is 1. The second kappa shape index (κ2) is 9.36. The maximum atomic E-state index is 12.9. The van der Waals surface area contributed by atoms with Gasteiger partial charge >= 0.3 is 6.61 Å². The number of piperidine rings is 1. The number of benzene rings is 1. The van der Waals surface area contributed by atoms with Crippen molar-refractivity contribution in [3.05, 3.63) is 24.3 Å². The Labute approximate surface area is 169 Å². The third-order valence-electron chi connectivity index (χ3n) is 5.47. The van der Waals surface area contributed by atoms with Gasteiger partial charge in [0.1, 0.15) is 5.75 Å². The van der Waals surface area contributed by atoms with Crippen molar-refractivity contribution < 1.29 is 31.8 Å². The van der Waals surface area contributed by atoms with Crippen LogP contribution in [0.5, 0.6) is 5.75 Å². The zero-order valence-electron chi connectivity index (χ0n) is 16.0. The van der Waals surface area contributed by atoms with Crippen LogP contribution in [-0.2, 0) is 14.8 Å². The van der Waals surface area contributed by atoms with E-state index in [1.807, 2.05) is 0 Å². The number of ether oxygens (including phenoxy) is 1. The third kappa shape index (κ3) is 5.64. The average molecular weight is 432 g/mol. The highest BCUT2D eigenvalue weighted by Gasteiger charge is 2.34. The van der Waals surface area contributed by atoms with Gasteiger partial charge in [-0.15, -0.1) is 0 Å². The Bertz CT molecular complexity index is 813. The van der Waals surface area contributed by atoms with E-state index in [9.17, 15) is 27.1 Å². The fourth-order valence-electron chi connectivity index (χ4n) is 3.87. The topological polar surface area (TPSA) is 95.9 Å². The molecule has 1 aliphatic heterocycles. The minimum Gasteiger partial charge on any atom is -0.435 e. The summed E-state index contributed by atoms with van der Waals surface area (Å²) in [6.45, 7) is -2.73. The van der Waals surface area contributed by atoms with E-state index in [4.69, 9.17) is 0 Å². The van der Waals surface area contributed by atoms with Crippen LogP contribution in [0, 0.1) is 5.92 Å². The van der Waals surface area contributed by atoms with Gasteiger partial charge in [0.05, 0.1) is 16.9 Å². The van der Waals surface area contributed by atoms with E-state index in [-0.39, 0.29) is 41.8 Å². The highest BCUT2D eigenvalue weighted by atomic mass is 32.2. The van der Waals surface area contributed by atoms with Crippen LogP contribution in [-0.4, -0.2) is 55.6 Å². The predicted octanol–water partition coefficient (Wildman–Crippen LogP) is 2.11. The normalized spacial score (nSPS) is 26.3. The Morgan fingerprint density at radius 3 is 2.62 bits per heavy atom. The van der Waals surface area contributed by atoms with Crippen LogP contribution in [0.15, 0.2) is 29.2 Å².